The molecule has 0 bridgehead atoms. The zero-order valence-corrected chi connectivity index (χ0v) is 26.6. The minimum atomic E-state index is -0.323. The molecule has 4 aromatic rings. The third-order valence-electron chi connectivity index (χ3n) is 7.64. The summed E-state index contributed by atoms with van der Waals surface area (Å²) in [5, 5.41) is 3.76. The topological polar surface area (TPSA) is 59.9 Å². The third kappa shape index (κ3) is 6.76. The maximum absolute atomic E-state index is 14.1. The monoisotopic (exact) mass is 648 g/mol. The van der Waals surface area contributed by atoms with Crippen LogP contribution in [0.5, 0.6) is 11.5 Å². The Balaban J connectivity index is 1.45. The number of halogens is 2. The lowest BCUT2D eigenvalue weighted by molar-refractivity contribution is 0.102. The van der Waals surface area contributed by atoms with Crippen molar-refractivity contribution in [1.82, 2.24) is 0 Å². The van der Waals surface area contributed by atoms with Crippen LogP contribution in [0.25, 0.3) is 0 Å². The number of carbonyl (C=O) groups excluding carboxylic acids is 1. The molecule has 1 amide bonds. The molecule has 5 rings (SSSR count). The summed E-state index contributed by atoms with van der Waals surface area (Å²) in [7, 11) is 1.56. The molecule has 1 aromatic heterocycles. The van der Waals surface area contributed by atoms with Gasteiger partial charge in [-0.25, -0.2) is 9.38 Å². The SMILES string of the molecule is COc1cc(C=Nc2sc3c(c2C(=O)Nc2ccccc2)CC[C@H](C(C)(C)C)C3)cc(Br)c1OCc1ccccc1F. The summed E-state index contributed by atoms with van der Waals surface area (Å²) in [6.45, 7) is 6.92. The van der Waals surface area contributed by atoms with Gasteiger partial charge in [0.25, 0.3) is 5.91 Å². The lowest BCUT2D eigenvalue weighted by atomic mass is 9.72. The van der Waals surface area contributed by atoms with Gasteiger partial charge in [-0.05, 0) is 88.0 Å². The lowest BCUT2D eigenvalue weighted by Gasteiger charge is -2.33. The normalized spacial score (nSPS) is 15.0. The maximum Gasteiger partial charge on any atom is 0.259 e. The number of fused-ring (bicyclic) bond motifs is 1. The van der Waals surface area contributed by atoms with Crippen molar-refractivity contribution < 1.29 is 18.7 Å². The van der Waals surface area contributed by atoms with Gasteiger partial charge in [0.1, 0.15) is 17.4 Å². The number of hydrogen-bond donors (Lipinski definition) is 1. The van der Waals surface area contributed by atoms with E-state index in [9.17, 15) is 9.18 Å². The molecule has 42 heavy (non-hydrogen) atoms. The average Bonchev–Trinajstić information content (AvgIpc) is 3.34. The van der Waals surface area contributed by atoms with Gasteiger partial charge in [-0.3, -0.25) is 4.79 Å². The first kappa shape index (κ1) is 30.0. The number of hydrogen-bond acceptors (Lipinski definition) is 5. The molecule has 8 heteroatoms. The minimum Gasteiger partial charge on any atom is -0.493 e. The van der Waals surface area contributed by atoms with Crippen LogP contribution in [-0.2, 0) is 19.4 Å². The van der Waals surface area contributed by atoms with Gasteiger partial charge in [0.15, 0.2) is 11.5 Å². The van der Waals surface area contributed by atoms with E-state index in [0.29, 0.717) is 38.0 Å². The Morgan fingerprint density at radius 1 is 1.14 bits per heavy atom. The molecule has 0 unspecified atom stereocenters. The fourth-order valence-corrected chi connectivity index (χ4v) is 7.05. The molecule has 0 aliphatic heterocycles. The number of para-hydroxylation sites is 1. The van der Waals surface area contributed by atoms with Gasteiger partial charge >= 0.3 is 0 Å². The molecular formula is C34H34BrFN2O3S. The zero-order valence-electron chi connectivity index (χ0n) is 24.2. The van der Waals surface area contributed by atoms with Crippen molar-refractivity contribution in [1.29, 1.82) is 0 Å². The van der Waals surface area contributed by atoms with Crippen molar-refractivity contribution in [2.45, 2.75) is 46.6 Å². The van der Waals surface area contributed by atoms with Crippen molar-refractivity contribution in [3.05, 3.63) is 104 Å². The van der Waals surface area contributed by atoms with E-state index < -0.39 is 0 Å². The fourth-order valence-electron chi connectivity index (χ4n) is 5.20. The summed E-state index contributed by atoms with van der Waals surface area (Å²) in [4.78, 5) is 19.7. The van der Waals surface area contributed by atoms with Crippen molar-refractivity contribution in [3.8, 4) is 11.5 Å². The van der Waals surface area contributed by atoms with Crippen LogP contribution in [0.2, 0.25) is 0 Å². The Morgan fingerprint density at radius 2 is 1.88 bits per heavy atom. The van der Waals surface area contributed by atoms with E-state index in [1.165, 1.54) is 10.9 Å². The number of anilines is 1. The first-order valence-electron chi connectivity index (χ1n) is 13.9. The number of methoxy groups -OCH3 is 1. The summed E-state index contributed by atoms with van der Waals surface area (Å²) in [6, 6.07) is 19.7. The van der Waals surface area contributed by atoms with Crippen molar-refractivity contribution in [2.75, 3.05) is 12.4 Å². The number of nitrogens with zero attached hydrogens (tertiary/aromatic N) is 1. The molecule has 0 saturated heterocycles. The van der Waals surface area contributed by atoms with Crippen LogP contribution in [0.3, 0.4) is 0 Å². The molecule has 0 spiro atoms. The Kier molecular flexibility index (Phi) is 9.13. The van der Waals surface area contributed by atoms with Crippen LogP contribution >= 0.6 is 27.3 Å². The second-order valence-corrected chi connectivity index (χ2v) is 13.4. The first-order valence-corrected chi connectivity index (χ1v) is 15.5. The van der Waals surface area contributed by atoms with Crippen molar-refractivity contribution in [2.24, 2.45) is 16.3 Å². The van der Waals surface area contributed by atoms with E-state index in [1.54, 1.807) is 42.9 Å². The Hall–Kier alpha value is -3.49. The Labute approximate surface area is 258 Å². The van der Waals surface area contributed by atoms with Crippen LogP contribution in [0.4, 0.5) is 15.1 Å². The highest BCUT2D eigenvalue weighted by molar-refractivity contribution is 9.10. The van der Waals surface area contributed by atoms with Crippen LogP contribution < -0.4 is 14.8 Å². The van der Waals surface area contributed by atoms with Crippen molar-refractivity contribution in [3.63, 3.8) is 0 Å². The van der Waals surface area contributed by atoms with Crippen LogP contribution in [0.15, 0.2) is 76.2 Å². The quantitative estimate of drug-likeness (QED) is 0.194. The van der Waals surface area contributed by atoms with Crippen LogP contribution in [-0.4, -0.2) is 19.2 Å². The smallest absolute Gasteiger partial charge is 0.259 e. The predicted octanol–water partition coefficient (Wildman–Crippen LogP) is 9.39. The van der Waals surface area contributed by atoms with Crippen molar-refractivity contribution >= 4 is 50.1 Å². The van der Waals surface area contributed by atoms with Gasteiger partial charge in [-0.1, -0.05) is 57.2 Å². The zero-order chi connectivity index (χ0) is 29.9. The molecule has 0 fully saturated rings. The number of aliphatic imine (C=N–C) groups is 1. The summed E-state index contributed by atoms with van der Waals surface area (Å²) in [5.74, 6) is 1.04. The summed E-state index contributed by atoms with van der Waals surface area (Å²) >= 11 is 5.18. The van der Waals surface area contributed by atoms with E-state index >= 15 is 0 Å². The number of rotatable bonds is 8. The van der Waals surface area contributed by atoms with E-state index in [4.69, 9.17) is 14.5 Å². The third-order valence-corrected chi connectivity index (χ3v) is 9.39. The maximum atomic E-state index is 14.1. The number of ether oxygens (including phenoxy) is 2. The standard InChI is InChI=1S/C34H34BrFN2O3S/c1-34(2,3)23-14-15-25-29(18-23)42-33(30(25)32(39)38-24-11-6-5-7-12-24)37-19-21-16-26(35)31(28(17-21)40-4)41-20-22-10-8-9-13-27(22)36/h5-13,16-17,19,23H,14-15,18,20H2,1-4H3,(H,38,39)/t23-/m0/s1. The number of nitrogens with one attached hydrogen (secondary N) is 1. The Bertz CT molecular complexity index is 1610. The van der Waals surface area contributed by atoms with Gasteiger partial charge in [-0.2, -0.15) is 0 Å². The van der Waals surface area contributed by atoms with Crippen LogP contribution in [0.1, 0.15) is 59.1 Å². The molecule has 1 atom stereocenters. The minimum absolute atomic E-state index is 0.0608. The first-order chi connectivity index (χ1) is 20.1. The second kappa shape index (κ2) is 12.8. The van der Waals surface area contributed by atoms with Crippen LogP contribution in [0, 0.1) is 17.2 Å². The van der Waals surface area contributed by atoms with E-state index in [1.807, 2.05) is 42.5 Å². The lowest BCUT2D eigenvalue weighted by Crippen LogP contribution is -2.27. The van der Waals surface area contributed by atoms with Gasteiger partial charge in [0.2, 0.25) is 0 Å². The Morgan fingerprint density at radius 3 is 2.60 bits per heavy atom. The number of carbonyl (C=O) groups is 1. The van der Waals surface area contributed by atoms with Gasteiger partial charge in [0.05, 0.1) is 17.1 Å². The molecule has 0 radical (unpaired) electrons. The molecule has 1 aliphatic carbocycles. The highest BCUT2D eigenvalue weighted by atomic mass is 79.9. The average molecular weight is 650 g/mol. The number of amides is 1. The van der Waals surface area contributed by atoms with Gasteiger partial charge < -0.3 is 14.8 Å². The molecule has 1 aliphatic rings. The molecule has 0 saturated carbocycles. The van der Waals surface area contributed by atoms with E-state index in [-0.39, 0.29) is 23.7 Å². The number of thiophene rings is 1. The molecule has 1 heterocycles. The second-order valence-electron chi connectivity index (χ2n) is 11.5. The van der Waals surface area contributed by atoms with Gasteiger partial charge in [0, 0.05) is 22.3 Å². The molecule has 1 N–H and O–H groups in total. The highest BCUT2D eigenvalue weighted by Gasteiger charge is 2.33. The predicted molar refractivity (Wildman–Crippen MR) is 172 cm³/mol. The fraction of sp³-hybridized carbons (Fsp3) is 0.294. The molecule has 3 aromatic carbocycles. The highest BCUT2D eigenvalue weighted by Crippen LogP contribution is 2.45. The van der Waals surface area contributed by atoms with E-state index in [2.05, 4.69) is 42.0 Å². The largest absolute Gasteiger partial charge is 0.493 e. The molecule has 218 valence electrons. The number of benzene rings is 3. The van der Waals surface area contributed by atoms with E-state index in [0.717, 1.165) is 36.1 Å². The molecular weight excluding hydrogens is 615 g/mol. The summed E-state index contributed by atoms with van der Waals surface area (Å²) in [5.41, 5.74) is 3.92. The van der Waals surface area contributed by atoms with Gasteiger partial charge in [-0.15, -0.1) is 11.3 Å². The summed E-state index contributed by atoms with van der Waals surface area (Å²) < 4.78 is 26.3. The molecule has 5 nitrogen and oxygen atoms in total. The summed E-state index contributed by atoms with van der Waals surface area (Å²) in [6.07, 6.45) is 4.58.